The Kier molecular flexibility index (Phi) is 5.06. The lowest BCUT2D eigenvalue weighted by Crippen LogP contribution is -2.38. The van der Waals surface area contributed by atoms with Crippen LogP contribution >= 0.6 is 23.2 Å². The Morgan fingerprint density at radius 3 is 2.45 bits per heavy atom. The molecule has 0 amide bonds. The summed E-state index contributed by atoms with van der Waals surface area (Å²) >= 11 is 12.2. The highest BCUT2D eigenvalue weighted by Gasteiger charge is 2.24. The van der Waals surface area contributed by atoms with E-state index in [9.17, 15) is 8.42 Å². The average Bonchev–Trinajstić information content (AvgIpc) is 2.67. The summed E-state index contributed by atoms with van der Waals surface area (Å²) in [5, 5.41) is 0.126. The molecular formula is C14H19Cl2N2O3S+. The van der Waals surface area contributed by atoms with E-state index >= 15 is 0 Å². The predicted octanol–water partition coefficient (Wildman–Crippen LogP) is 3.23. The van der Waals surface area contributed by atoms with Crippen molar-refractivity contribution in [1.29, 1.82) is 0 Å². The van der Waals surface area contributed by atoms with Gasteiger partial charge in [-0.2, -0.15) is 8.42 Å². The minimum atomic E-state index is -4.02. The van der Waals surface area contributed by atoms with Gasteiger partial charge in [0.25, 0.3) is 15.9 Å². The molecule has 0 aliphatic carbocycles. The van der Waals surface area contributed by atoms with Crippen molar-refractivity contribution in [3.8, 4) is 0 Å². The van der Waals surface area contributed by atoms with Crippen molar-refractivity contribution >= 4 is 44.4 Å². The number of fused-ring (bicyclic) bond motifs is 1. The van der Waals surface area contributed by atoms with E-state index in [1.54, 1.807) is 6.07 Å². The second kappa shape index (κ2) is 6.35. The maximum atomic E-state index is 11.2. The largest absolute Gasteiger partial charge is 0.285 e. The number of imidazole rings is 1. The van der Waals surface area contributed by atoms with Gasteiger partial charge in [0.1, 0.15) is 0 Å². The van der Waals surface area contributed by atoms with Crippen molar-refractivity contribution in [1.82, 2.24) is 4.57 Å². The van der Waals surface area contributed by atoms with Crippen LogP contribution in [0.25, 0.3) is 11.0 Å². The monoisotopic (exact) mass is 365 g/mol. The normalized spacial score (nSPS) is 13.7. The fourth-order valence-corrected chi connectivity index (χ4v) is 3.31. The number of hydrogen-bond acceptors (Lipinski definition) is 2. The van der Waals surface area contributed by atoms with Crippen LogP contribution < -0.4 is 4.57 Å². The molecule has 1 heterocycles. The molecular weight excluding hydrogens is 347 g/mol. The van der Waals surface area contributed by atoms with Gasteiger partial charge in [-0.05, 0) is 13.8 Å². The maximum Gasteiger partial charge on any atom is 0.267 e. The fourth-order valence-electron chi connectivity index (χ4n) is 2.59. The minimum absolute atomic E-state index is 0.313. The van der Waals surface area contributed by atoms with Crippen molar-refractivity contribution in [2.45, 2.75) is 45.5 Å². The molecule has 0 aliphatic heterocycles. The summed E-state index contributed by atoms with van der Waals surface area (Å²) < 4.78 is 35.5. The number of benzene rings is 1. The highest BCUT2D eigenvalue weighted by molar-refractivity contribution is 7.86. The smallest absolute Gasteiger partial charge is 0.267 e. The maximum absolute atomic E-state index is 11.2. The van der Waals surface area contributed by atoms with Gasteiger partial charge in [0.2, 0.25) is 0 Å². The molecule has 0 spiro atoms. The summed E-state index contributed by atoms with van der Waals surface area (Å²) in [4.78, 5) is 0. The van der Waals surface area contributed by atoms with Crippen molar-refractivity contribution in [3.63, 3.8) is 0 Å². The molecule has 1 aromatic carbocycles. The second-order valence-corrected chi connectivity index (χ2v) is 7.96. The molecule has 0 radical (unpaired) electrons. The van der Waals surface area contributed by atoms with Gasteiger partial charge >= 0.3 is 0 Å². The molecule has 8 heteroatoms. The molecule has 2 aromatic rings. The molecule has 1 N–H and O–H groups in total. The van der Waals surface area contributed by atoms with Gasteiger partial charge in [-0.15, -0.1) is 0 Å². The van der Waals surface area contributed by atoms with Crippen LogP contribution in [-0.4, -0.2) is 22.8 Å². The lowest BCUT2D eigenvalue weighted by Gasteiger charge is -2.07. The van der Waals surface area contributed by atoms with Crippen molar-refractivity contribution in [2.24, 2.45) is 0 Å². The lowest BCUT2D eigenvalue weighted by atomic mass is 10.3. The summed E-state index contributed by atoms with van der Waals surface area (Å²) in [7, 11) is -4.02. The molecule has 5 nitrogen and oxygen atoms in total. The minimum Gasteiger partial charge on any atom is -0.285 e. The van der Waals surface area contributed by atoms with Crippen LogP contribution in [0.15, 0.2) is 12.1 Å². The molecule has 122 valence electrons. The van der Waals surface area contributed by atoms with Gasteiger partial charge in [-0.1, -0.05) is 23.2 Å². The summed E-state index contributed by atoms with van der Waals surface area (Å²) in [6.45, 7) is 6.72. The molecule has 0 unspecified atom stereocenters. The van der Waals surface area contributed by atoms with E-state index in [1.807, 2.05) is 24.5 Å². The molecule has 0 aliphatic rings. The number of nitrogens with zero attached hydrogens (tertiary/aromatic N) is 2. The lowest BCUT2D eigenvalue weighted by molar-refractivity contribution is -0.678. The zero-order valence-electron chi connectivity index (χ0n) is 12.7. The SMILES string of the molecule is CCn1c(C)[n+](CC[C@H](C)S(=O)(=O)O)c2cc(Cl)c(Cl)cc21. The Labute approximate surface area is 140 Å². The first-order valence-corrected chi connectivity index (χ1v) is 9.26. The predicted molar refractivity (Wildman–Crippen MR) is 88.2 cm³/mol. The second-order valence-electron chi connectivity index (χ2n) is 5.31. The number of aromatic nitrogens is 2. The van der Waals surface area contributed by atoms with Gasteiger partial charge in [-0.3, -0.25) is 4.55 Å². The Bertz CT molecular complexity index is 815. The first kappa shape index (κ1) is 17.5. The van der Waals surface area contributed by atoms with E-state index < -0.39 is 15.4 Å². The molecule has 1 atom stereocenters. The Morgan fingerprint density at radius 2 is 1.91 bits per heavy atom. The van der Waals surface area contributed by atoms with E-state index in [2.05, 4.69) is 4.57 Å². The number of halogens is 2. The van der Waals surface area contributed by atoms with Gasteiger partial charge in [-0.25, -0.2) is 9.13 Å². The van der Waals surface area contributed by atoms with E-state index in [-0.39, 0.29) is 0 Å². The molecule has 0 bridgehead atoms. The zero-order chi connectivity index (χ0) is 16.7. The highest BCUT2D eigenvalue weighted by atomic mass is 35.5. The van der Waals surface area contributed by atoms with Crippen LogP contribution in [0.1, 0.15) is 26.1 Å². The Balaban J connectivity index is 2.49. The van der Waals surface area contributed by atoms with Crippen LogP contribution in [0.2, 0.25) is 10.0 Å². The third kappa shape index (κ3) is 3.25. The highest BCUT2D eigenvalue weighted by Crippen LogP contribution is 2.27. The zero-order valence-corrected chi connectivity index (χ0v) is 15.0. The van der Waals surface area contributed by atoms with Crippen molar-refractivity contribution < 1.29 is 17.5 Å². The van der Waals surface area contributed by atoms with Crippen molar-refractivity contribution in [3.05, 3.63) is 28.0 Å². The van der Waals surface area contributed by atoms with Gasteiger partial charge in [0, 0.05) is 25.5 Å². The average molecular weight is 366 g/mol. The third-order valence-electron chi connectivity index (χ3n) is 3.96. The molecule has 2 rings (SSSR count). The number of rotatable bonds is 5. The summed E-state index contributed by atoms with van der Waals surface area (Å²) in [6.07, 6.45) is 0.313. The standard InChI is InChI=1S/C14H18Cl2N2O3S/c1-4-17-10(3)18(6-5-9(2)22(19,20)21)14-8-12(16)11(15)7-13(14)17/h7-9H,4-6H2,1-3H3/p+1/t9-/m0/s1. The first-order valence-electron chi connectivity index (χ1n) is 7.00. The Hall–Kier alpha value is -0.820. The molecule has 0 fully saturated rings. The third-order valence-corrected chi connectivity index (χ3v) is 5.94. The van der Waals surface area contributed by atoms with Crippen molar-refractivity contribution in [2.75, 3.05) is 0 Å². The van der Waals surface area contributed by atoms with E-state index in [0.29, 0.717) is 23.0 Å². The van der Waals surface area contributed by atoms with Crippen LogP contribution in [0.3, 0.4) is 0 Å². The Morgan fingerprint density at radius 1 is 1.32 bits per heavy atom. The van der Waals surface area contributed by atoms with E-state index in [4.69, 9.17) is 27.8 Å². The van der Waals surface area contributed by atoms with Crippen LogP contribution in [0.4, 0.5) is 0 Å². The van der Waals surface area contributed by atoms with E-state index in [0.717, 1.165) is 23.4 Å². The fraction of sp³-hybridized carbons (Fsp3) is 0.500. The van der Waals surface area contributed by atoms with Gasteiger partial charge in [0.15, 0.2) is 11.0 Å². The molecule has 0 saturated carbocycles. The first-order chi connectivity index (χ1) is 10.2. The van der Waals surface area contributed by atoms with Crippen LogP contribution in [0.5, 0.6) is 0 Å². The molecule has 1 aromatic heterocycles. The summed E-state index contributed by atoms with van der Waals surface area (Å²) in [5.74, 6) is 0.985. The molecule has 0 saturated heterocycles. The quantitative estimate of drug-likeness (QED) is 0.653. The van der Waals surface area contributed by atoms with Gasteiger partial charge in [0.05, 0.1) is 28.4 Å². The topological polar surface area (TPSA) is 63.2 Å². The van der Waals surface area contributed by atoms with Crippen LogP contribution in [0, 0.1) is 6.92 Å². The summed E-state index contributed by atoms with van der Waals surface area (Å²) in [6, 6.07) is 3.61. The number of hydrogen-bond donors (Lipinski definition) is 1. The summed E-state index contributed by atoms with van der Waals surface area (Å²) in [5.41, 5.74) is 1.85. The van der Waals surface area contributed by atoms with Crippen LogP contribution in [-0.2, 0) is 23.2 Å². The molecule has 22 heavy (non-hydrogen) atoms. The number of aryl methyl sites for hydroxylation is 2. The van der Waals surface area contributed by atoms with Gasteiger partial charge < -0.3 is 0 Å². The van der Waals surface area contributed by atoms with E-state index in [1.165, 1.54) is 6.92 Å².